The van der Waals surface area contributed by atoms with Crippen LogP contribution in [0.4, 0.5) is 0 Å². The molecule has 1 aromatic carbocycles. The van der Waals surface area contributed by atoms with Crippen molar-refractivity contribution in [2.24, 2.45) is 5.92 Å². The minimum atomic E-state index is -0.724. The van der Waals surface area contributed by atoms with E-state index in [1.165, 1.54) is 5.57 Å². The molecule has 0 fully saturated rings. The molecule has 25 heavy (non-hydrogen) atoms. The van der Waals surface area contributed by atoms with Crippen LogP contribution in [0.3, 0.4) is 0 Å². The summed E-state index contributed by atoms with van der Waals surface area (Å²) in [4.78, 5) is 0. The summed E-state index contributed by atoms with van der Waals surface area (Å²) in [7, 11) is 12.0. The third-order valence-corrected chi connectivity index (χ3v) is 5.45. The zero-order chi connectivity index (χ0) is 18.8. The van der Waals surface area contributed by atoms with Crippen molar-refractivity contribution >= 4 is 15.7 Å². The molecule has 0 saturated heterocycles. The minimum Gasteiger partial charge on any atom is -0.507 e. The molecule has 0 spiro atoms. The van der Waals surface area contributed by atoms with Gasteiger partial charge >= 0.3 is 0 Å². The van der Waals surface area contributed by atoms with E-state index in [2.05, 4.69) is 19.6 Å². The van der Waals surface area contributed by atoms with Crippen LogP contribution in [0.5, 0.6) is 11.5 Å². The molecular formula is C21H28B2O2. The molecule has 2 N–H and O–H groups in total. The van der Waals surface area contributed by atoms with Gasteiger partial charge in [-0.3, -0.25) is 0 Å². The van der Waals surface area contributed by atoms with Crippen LogP contribution in [0.1, 0.15) is 63.5 Å². The van der Waals surface area contributed by atoms with Gasteiger partial charge in [0.15, 0.2) is 0 Å². The topological polar surface area (TPSA) is 40.5 Å². The van der Waals surface area contributed by atoms with E-state index >= 15 is 0 Å². The Balaban J connectivity index is 2.33. The van der Waals surface area contributed by atoms with Crippen molar-refractivity contribution in [1.29, 1.82) is 0 Å². The van der Waals surface area contributed by atoms with Crippen LogP contribution in [-0.2, 0) is 6.42 Å². The van der Waals surface area contributed by atoms with Crippen LogP contribution < -0.4 is 0 Å². The zero-order valence-corrected chi connectivity index (χ0v) is 15.7. The lowest BCUT2D eigenvalue weighted by Gasteiger charge is -2.31. The first-order valence-electron chi connectivity index (χ1n) is 9.10. The smallest absolute Gasteiger partial charge is 0.123 e. The van der Waals surface area contributed by atoms with Gasteiger partial charge in [0.1, 0.15) is 11.5 Å². The summed E-state index contributed by atoms with van der Waals surface area (Å²) in [6.45, 7) is 10.2. The van der Waals surface area contributed by atoms with Gasteiger partial charge < -0.3 is 10.2 Å². The highest BCUT2D eigenvalue weighted by molar-refractivity contribution is 6.39. The molecule has 1 aliphatic rings. The summed E-state index contributed by atoms with van der Waals surface area (Å²) in [5.74, 6) is 0.452. The van der Waals surface area contributed by atoms with E-state index < -0.39 is 5.21 Å². The number of rotatable bonds is 6. The van der Waals surface area contributed by atoms with E-state index in [1.807, 2.05) is 13.8 Å². The lowest BCUT2D eigenvalue weighted by molar-refractivity contribution is 0.406. The van der Waals surface area contributed by atoms with Crippen molar-refractivity contribution in [2.75, 3.05) is 0 Å². The Morgan fingerprint density at radius 3 is 2.40 bits per heavy atom. The molecule has 0 saturated carbocycles. The minimum absolute atomic E-state index is 0.0425. The van der Waals surface area contributed by atoms with Crippen molar-refractivity contribution in [2.45, 2.75) is 64.0 Å². The highest BCUT2D eigenvalue weighted by Crippen LogP contribution is 2.46. The van der Waals surface area contributed by atoms with Gasteiger partial charge in [0.2, 0.25) is 0 Å². The van der Waals surface area contributed by atoms with E-state index in [0.29, 0.717) is 24.8 Å². The molecule has 130 valence electrons. The third kappa shape index (κ3) is 4.74. The Morgan fingerprint density at radius 2 is 1.88 bits per heavy atom. The molecule has 2 atom stereocenters. The first-order chi connectivity index (χ1) is 11.6. The summed E-state index contributed by atoms with van der Waals surface area (Å²) in [6.07, 6.45) is 6.06. The summed E-state index contributed by atoms with van der Waals surface area (Å²) in [6, 6.07) is 3.46. The maximum Gasteiger partial charge on any atom is 0.123 e. The summed E-state index contributed by atoms with van der Waals surface area (Å²) in [5, 5.41) is 20.5. The molecule has 0 aliphatic heterocycles. The molecule has 1 aliphatic carbocycles. The quantitative estimate of drug-likeness (QED) is 0.573. The number of hydrogen-bond donors (Lipinski definition) is 2. The first kappa shape index (κ1) is 19.8. The van der Waals surface area contributed by atoms with Crippen molar-refractivity contribution in [1.82, 2.24) is 0 Å². The third-order valence-electron chi connectivity index (χ3n) is 5.45. The van der Waals surface area contributed by atoms with Gasteiger partial charge in [-0.15, -0.1) is 0 Å². The SMILES string of the molecule is [B]C([B])(CC)CCc1cc(O)c(C2C=C(C)CCC2C(=C)C)c(O)c1. The molecule has 1 aromatic rings. The Labute approximate surface area is 154 Å². The van der Waals surface area contributed by atoms with E-state index in [4.69, 9.17) is 15.7 Å². The molecule has 2 nitrogen and oxygen atoms in total. The van der Waals surface area contributed by atoms with E-state index in [9.17, 15) is 10.2 Å². The fraction of sp³-hybridized carbons (Fsp3) is 0.524. The molecule has 4 radical (unpaired) electrons. The monoisotopic (exact) mass is 334 g/mol. The second-order valence-corrected chi connectivity index (χ2v) is 7.66. The molecule has 4 heteroatoms. The number of allylic oxidation sites excluding steroid dienone is 3. The fourth-order valence-corrected chi connectivity index (χ4v) is 3.63. The van der Waals surface area contributed by atoms with Gasteiger partial charge in [-0.05, 0) is 56.7 Å². The number of benzene rings is 1. The van der Waals surface area contributed by atoms with Gasteiger partial charge in [0.05, 0.1) is 15.7 Å². The Kier molecular flexibility index (Phi) is 6.13. The molecule has 0 bridgehead atoms. The van der Waals surface area contributed by atoms with Crippen LogP contribution in [-0.4, -0.2) is 25.9 Å². The molecule has 2 unspecified atom stereocenters. The van der Waals surface area contributed by atoms with Crippen LogP contribution in [0, 0.1) is 5.92 Å². The van der Waals surface area contributed by atoms with Crippen LogP contribution in [0.2, 0.25) is 5.21 Å². The lowest BCUT2D eigenvalue weighted by Crippen LogP contribution is -2.17. The van der Waals surface area contributed by atoms with Gasteiger partial charge in [-0.1, -0.05) is 48.8 Å². The predicted octanol–water partition coefficient (Wildman–Crippen LogP) is 4.91. The average molecular weight is 334 g/mol. The van der Waals surface area contributed by atoms with Crippen LogP contribution in [0.15, 0.2) is 35.9 Å². The Hall–Kier alpha value is -1.57. The second-order valence-electron chi connectivity index (χ2n) is 7.66. The second kappa shape index (κ2) is 7.76. The lowest BCUT2D eigenvalue weighted by atomic mass is 9.51. The zero-order valence-electron chi connectivity index (χ0n) is 15.7. The molecule has 2 rings (SSSR count). The van der Waals surface area contributed by atoms with Gasteiger partial charge in [0, 0.05) is 11.5 Å². The summed E-state index contributed by atoms with van der Waals surface area (Å²) < 4.78 is 0. The van der Waals surface area contributed by atoms with E-state index in [-0.39, 0.29) is 23.3 Å². The number of hydrogen-bond acceptors (Lipinski definition) is 2. The molecular weight excluding hydrogens is 306 g/mol. The highest BCUT2D eigenvalue weighted by Gasteiger charge is 2.30. The summed E-state index contributed by atoms with van der Waals surface area (Å²) >= 11 is 0. The maximum atomic E-state index is 10.6. The standard InChI is InChI=1S/C21H28B2O2/c1-5-21(22,23)9-8-15-11-18(24)20(19(25)12-15)17-10-14(4)6-7-16(17)13(2)3/h10-12,16-17,24-25H,2,5-9H2,1,3-4H3. The molecule has 0 amide bonds. The van der Waals surface area contributed by atoms with Crippen LogP contribution in [0.25, 0.3) is 0 Å². The van der Waals surface area contributed by atoms with Gasteiger partial charge in [0.25, 0.3) is 0 Å². The van der Waals surface area contributed by atoms with Gasteiger partial charge in [-0.25, -0.2) is 0 Å². The van der Waals surface area contributed by atoms with Crippen LogP contribution >= 0.6 is 0 Å². The molecule has 0 aromatic heterocycles. The van der Waals surface area contributed by atoms with Crippen molar-refractivity contribution in [3.63, 3.8) is 0 Å². The maximum absolute atomic E-state index is 10.6. The summed E-state index contributed by atoms with van der Waals surface area (Å²) in [5.41, 5.74) is 3.80. The van der Waals surface area contributed by atoms with Gasteiger partial charge in [-0.2, -0.15) is 0 Å². The number of aryl methyl sites for hydroxylation is 1. The van der Waals surface area contributed by atoms with Crippen molar-refractivity contribution in [3.05, 3.63) is 47.1 Å². The predicted molar refractivity (Wildman–Crippen MR) is 107 cm³/mol. The van der Waals surface area contributed by atoms with E-state index in [1.54, 1.807) is 12.1 Å². The largest absolute Gasteiger partial charge is 0.507 e. The fourth-order valence-electron chi connectivity index (χ4n) is 3.63. The highest BCUT2D eigenvalue weighted by atomic mass is 16.3. The van der Waals surface area contributed by atoms with E-state index in [0.717, 1.165) is 24.0 Å². The Bertz CT molecular complexity index is 653. The molecule has 0 heterocycles. The number of phenols is 2. The number of aromatic hydroxyl groups is 2. The Morgan fingerprint density at radius 1 is 1.28 bits per heavy atom. The number of phenolic OH excluding ortho intramolecular Hbond substituents is 2. The van der Waals surface area contributed by atoms with Crippen molar-refractivity contribution < 1.29 is 10.2 Å². The normalized spacial score (nSPS) is 21.0. The average Bonchev–Trinajstić information content (AvgIpc) is 2.52. The first-order valence-corrected chi connectivity index (χ1v) is 9.10. The van der Waals surface area contributed by atoms with Crippen molar-refractivity contribution in [3.8, 4) is 11.5 Å².